The Bertz CT molecular complexity index is 307. The summed E-state index contributed by atoms with van der Waals surface area (Å²) in [6.07, 6.45) is 5.69. The summed E-state index contributed by atoms with van der Waals surface area (Å²) in [7, 11) is 0. The number of hydrogen-bond acceptors (Lipinski definition) is 3. The van der Waals surface area contributed by atoms with Crippen LogP contribution in [0.3, 0.4) is 0 Å². The van der Waals surface area contributed by atoms with E-state index < -0.39 is 0 Å². The lowest BCUT2D eigenvalue weighted by atomic mass is 10.1. The molecule has 4 heteroatoms. The first-order valence-electron chi connectivity index (χ1n) is 5.66. The molecule has 0 saturated carbocycles. The number of nitrogens with zero attached hydrogens (tertiary/aromatic N) is 3. The van der Waals surface area contributed by atoms with Crippen molar-refractivity contribution in [1.29, 1.82) is 0 Å². The molecule has 0 aliphatic rings. The van der Waals surface area contributed by atoms with Crippen LogP contribution < -0.4 is 0 Å². The summed E-state index contributed by atoms with van der Waals surface area (Å²) in [5.74, 6) is 1.33. The average molecular weight is 209 g/mol. The largest absolute Gasteiger partial charge is 0.300 e. The highest BCUT2D eigenvalue weighted by Gasteiger charge is 2.04. The first-order valence-corrected chi connectivity index (χ1v) is 5.66. The first-order chi connectivity index (χ1) is 7.27. The third-order valence-corrected chi connectivity index (χ3v) is 2.38. The van der Waals surface area contributed by atoms with Gasteiger partial charge in [-0.25, -0.2) is 4.98 Å². The van der Waals surface area contributed by atoms with Crippen LogP contribution >= 0.6 is 0 Å². The van der Waals surface area contributed by atoms with E-state index in [9.17, 15) is 4.79 Å². The van der Waals surface area contributed by atoms with Gasteiger partial charge in [-0.15, -0.1) is 0 Å². The molecular weight excluding hydrogens is 190 g/mol. The normalized spacial score (nSPS) is 10.5. The van der Waals surface area contributed by atoms with Gasteiger partial charge >= 0.3 is 0 Å². The number of ketones is 1. The Kier molecular flexibility index (Phi) is 5.01. The maximum Gasteiger partial charge on any atom is 0.138 e. The molecule has 1 aromatic heterocycles. The van der Waals surface area contributed by atoms with E-state index >= 15 is 0 Å². The van der Waals surface area contributed by atoms with Crippen LogP contribution in [-0.4, -0.2) is 20.5 Å². The minimum Gasteiger partial charge on any atom is -0.300 e. The fourth-order valence-electron chi connectivity index (χ4n) is 1.50. The minimum atomic E-state index is 0.330. The monoisotopic (exact) mass is 209 g/mol. The summed E-state index contributed by atoms with van der Waals surface area (Å²) in [5.41, 5.74) is 0. The zero-order valence-electron chi connectivity index (χ0n) is 9.57. The average Bonchev–Trinajstić information content (AvgIpc) is 2.66. The third-order valence-electron chi connectivity index (χ3n) is 2.38. The summed E-state index contributed by atoms with van der Waals surface area (Å²) in [6.45, 7) is 4.94. The van der Waals surface area contributed by atoms with Crippen molar-refractivity contribution in [3.05, 3.63) is 12.2 Å². The van der Waals surface area contributed by atoms with Crippen LogP contribution in [0.25, 0.3) is 0 Å². The molecule has 0 aromatic carbocycles. The van der Waals surface area contributed by atoms with Crippen molar-refractivity contribution in [2.45, 2.75) is 52.5 Å². The third kappa shape index (κ3) is 3.81. The lowest BCUT2D eigenvalue weighted by molar-refractivity contribution is -0.118. The van der Waals surface area contributed by atoms with Crippen LogP contribution in [0.15, 0.2) is 6.33 Å². The van der Waals surface area contributed by atoms with E-state index in [0.717, 1.165) is 31.6 Å². The predicted octanol–water partition coefficient (Wildman–Crippen LogP) is 1.99. The molecule has 0 aliphatic carbocycles. The maximum atomic E-state index is 11.1. The van der Waals surface area contributed by atoms with Crippen molar-refractivity contribution in [3.63, 3.8) is 0 Å². The molecule has 0 radical (unpaired) electrons. The standard InChI is InChI=1S/C11H19N3O/c1-3-8-14-11(12-9-13-14)7-5-6-10(15)4-2/h9H,3-8H2,1-2H3. The number of hydrogen-bond donors (Lipinski definition) is 0. The number of carbonyl (C=O) groups is 1. The molecule has 1 aromatic rings. The van der Waals surface area contributed by atoms with Crippen molar-refractivity contribution in [3.8, 4) is 0 Å². The molecule has 4 nitrogen and oxygen atoms in total. The second-order valence-corrected chi connectivity index (χ2v) is 3.65. The predicted molar refractivity (Wildman–Crippen MR) is 58.5 cm³/mol. The van der Waals surface area contributed by atoms with E-state index in [4.69, 9.17) is 0 Å². The first kappa shape index (κ1) is 11.9. The van der Waals surface area contributed by atoms with Gasteiger partial charge in [0.1, 0.15) is 17.9 Å². The van der Waals surface area contributed by atoms with Crippen LogP contribution in [0.2, 0.25) is 0 Å². The van der Waals surface area contributed by atoms with Crippen molar-refractivity contribution < 1.29 is 4.79 Å². The van der Waals surface area contributed by atoms with Gasteiger partial charge in [0.2, 0.25) is 0 Å². The SMILES string of the molecule is CCCn1ncnc1CCCC(=O)CC. The summed E-state index contributed by atoms with van der Waals surface area (Å²) in [6, 6.07) is 0. The number of aryl methyl sites for hydroxylation is 2. The fourth-order valence-corrected chi connectivity index (χ4v) is 1.50. The topological polar surface area (TPSA) is 47.8 Å². The molecule has 15 heavy (non-hydrogen) atoms. The van der Waals surface area contributed by atoms with E-state index in [2.05, 4.69) is 17.0 Å². The molecule has 1 rings (SSSR count). The molecule has 84 valence electrons. The molecule has 0 unspecified atom stereocenters. The lowest BCUT2D eigenvalue weighted by Gasteiger charge is -2.03. The van der Waals surface area contributed by atoms with Gasteiger partial charge in [-0.3, -0.25) is 9.48 Å². The second-order valence-electron chi connectivity index (χ2n) is 3.65. The van der Waals surface area contributed by atoms with Gasteiger partial charge in [0.15, 0.2) is 0 Å². The summed E-state index contributed by atoms with van der Waals surface area (Å²) in [5, 5.41) is 4.14. The smallest absolute Gasteiger partial charge is 0.138 e. The highest BCUT2D eigenvalue weighted by Crippen LogP contribution is 2.03. The number of carbonyl (C=O) groups excluding carboxylic acids is 1. The molecule has 0 spiro atoms. The number of Topliss-reactive ketones (excluding diaryl/α,β-unsaturated/α-hetero) is 1. The van der Waals surface area contributed by atoms with Crippen molar-refractivity contribution in [1.82, 2.24) is 14.8 Å². The summed E-state index contributed by atoms with van der Waals surface area (Å²) >= 11 is 0. The Morgan fingerprint density at radius 1 is 1.47 bits per heavy atom. The molecular formula is C11H19N3O. The van der Waals surface area contributed by atoms with Gasteiger partial charge in [-0.2, -0.15) is 5.10 Å². The van der Waals surface area contributed by atoms with Gasteiger partial charge in [0.05, 0.1) is 0 Å². The van der Waals surface area contributed by atoms with Crippen molar-refractivity contribution in [2.24, 2.45) is 0 Å². The molecule has 1 heterocycles. The van der Waals surface area contributed by atoms with Crippen LogP contribution in [0.1, 0.15) is 45.4 Å². The van der Waals surface area contributed by atoms with Crippen LogP contribution in [0.4, 0.5) is 0 Å². The number of rotatable bonds is 7. The van der Waals surface area contributed by atoms with Crippen molar-refractivity contribution >= 4 is 5.78 Å². The maximum absolute atomic E-state index is 11.1. The van der Waals surface area contributed by atoms with E-state index in [-0.39, 0.29) is 0 Å². The van der Waals surface area contributed by atoms with Gasteiger partial charge in [0, 0.05) is 25.8 Å². The van der Waals surface area contributed by atoms with E-state index in [1.165, 1.54) is 0 Å². The fraction of sp³-hybridized carbons (Fsp3) is 0.727. The summed E-state index contributed by atoms with van der Waals surface area (Å²) < 4.78 is 1.93. The Morgan fingerprint density at radius 3 is 2.93 bits per heavy atom. The van der Waals surface area contributed by atoms with E-state index in [0.29, 0.717) is 18.6 Å². The van der Waals surface area contributed by atoms with Gasteiger partial charge in [-0.1, -0.05) is 13.8 Å². The Labute approximate surface area is 90.7 Å². The lowest BCUT2D eigenvalue weighted by Crippen LogP contribution is -2.06. The molecule has 0 amide bonds. The van der Waals surface area contributed by atoms with Gasteiger partial charge in [-0.05, 0) is 12.8 Å². The Balaban J connectivity index is 2.36. The van der Waals surface area contributed by atoms with Crippen LogP contribution in [0.5, 0.6) is 0 Å². The Hall–Kier alpha value is -1.19. The van der Waals surface area contributed by atoms with E-state index in [1.54, 1.807) is 6.33 Å². The van der Waals surface area contributed by atoms with E-state index in [1.807, 2.05) is 11.6 Å². The minimum absolute atomic E-state index is 0.330. The molecule has 0 saturated heterocycles. The zero-order chi connectivity index (χ0) is 11.1. The summed E-state index contributed by atoms with van der Waals surface area (Å²) in [4.78, 5) is 15.3. The van der Waals surface area contributed by atoms with Crippen molar-refractivity contribution in [2.75, 3.05) is 0 Å². The molecule has 0 aliphatic heterocycles. The second kappa shape index (κ2) is 6.32. The quantitative estimate of drug-likeness (QED) is 0.690. The molecule has 0 fully saturated rings. The highest BCUT2D eigenvalue weighted by atomic mass is 16.1. The molecule has 0 N–H and O–H groups in total. The zero-order valence-corrected chi connectivity index (χ0v) is 9.57. The highest BCUT2D eigenvalue weighted by molar-refractivity contribution is 5.77. The van der Waals surface area contributed by atoms with Gasteiger partial charge < -0.3 is 0 Å². The molecule has 0 bridgehead atoms. The van der Waals surface area contributed by atoms with Crippen LogP contribution in [0, 0.1) is 0 Å². The molecule has 0 atom stereocenters. The van der Waals surface area contributed by atoms with Crippen LogP contribution in [-0.2, 0) is 17.8 Å². The number of aromatic nitrogens is 3. The Morgan fingerprint density at radius 2 is 2.27 bits per heavy atom. The van der Waals surface area contributed by atoms with Gasteiger partial charge in [0.25, 0.3) is 0 Å².